The zero-order valence-corrected chi connectivity index (χ0v) is 53.6. The summed E-state index contributed by atoms with van der Waals surface area (Å²) in [4.78, 5) is 24.5. The SMILES string of the molecule is CCCC/C=C\CCCCCCCC(=O)OCCCCCCCCCCCCCC/C=C\CCCCCCCCCCCCCCCCCC(=O)NC(CO)C(O)CCCCCCCCCCCCCCCCCCCCCC. The molecule has 0 saturated heterocycles. The second-order valence-electron chi connectivity index (χ2n) is 24.9. The summed E-state index contributed by atoms with van der Waals surface area (Å²) in [6.07, 6.45) is 86.7. The Morgan fingerprint density at radius 1 is 0.342 bits per heavy atom. The first-order chi connectivity index (χ1) is 39.0. The number of aliphatic hydroxyl groups excluding tert-OH is 2. The summed E-state index contributed by atoms with van der Waals surface area (Å²) >= 11 is 0. The van der Waals surface area contributed by atoms with Gasteiger partial charge >= 0.3 is 5.97 Å². The molecule has 0 saturated carbocycles. The lowest BCUT2D eigenvalue weighted by molar-refractivity contribution is -0.143. The van der Waals surface area contributed by atoms with E-state index < -0.39 is 12.1 Å². The van der Waals surface area contributed by atoms with Gasteiger partial charge in [-0.15, -0.1) is 0 Å². The molecule has 0 aromatic heterocycles. The third kappa shape index (κ3) is 65.4. The van der Waals surface area contributed by atoms with Crippen LogP contribution >= 0.6 is 0 Å². The molecule has 79 heavy (non-hydrogen) atoms. The zero-order chi connectivity index (χ0) is 57.1. The fourth-order valence-corrected chi connectivity index (χ4v) is 11.4. The first-order valence-corrected chi connectivity index (χ1v) is 36.1. The normalized spacial score (nSPS) is 12.6. The fourth-order valence-electron chi connectivity index (χ4n) is 11.4. The molecule has 6 nitrogen and oxygen atoms in total. The van der Waals surface area contributed by atoms with E-state index in [4.69, 9.17) is 4.74 Å². The summed E-state index contributed by atoms with van der Waals surface area (Å²) in [7, 11) is 0. The highest BCUT2D eigenvalue weighted by Gasteiger charge is 2.20. The third-order valence-corrected chi connectivity index (χ3v) is 17.0. The Labute approximate surface area is 494 Å². The number of amides is 1. The van der Waals surface area contributed by atoms with E-state index in [9.17, 15) is 19.8 Å². The number of allylic oxidation sites excluding steroid dienone is 4. The monoisotopic (exact) mass is 1110 g/mol. The molecule has 0 aliphatic carbocycles. The van der Waals surface area contributed by atoms with E-state index >= 15 is 0 Å². The van der Waals surface area contributed by atoms with Crippen molar-refractivity contribution in [1.82, 2.24) is 5.32 Å². The number of aliphatic hydroxyl groups is 2. The molecule has 0 fully saturated rings. The van der Waals surface area contributed by atoms with Gasteiger partial charge in [-0.3, -0.25) is 9.59 Å². The molecule has 0 aliphatic rings. The van der Waals surface area contributed by atoms with Crippen LogP contribution in [0.15, 0.2) is 24.3 Å². The summed E-state index contributed by atoms with van der Waals surface area (Å²) < 4.78 is 5.47. The van der Waals surface area contributed by atoms with Gasteiger partial charge in [-0.25, -0.2) is 0 Å². The van der Waals surface area contributed by atoms with Crippen LogP contribution in [-0.4, -0.2) is 47.4 Å². The molecule has 0 aromatic carbocycles. The minimum Gasteiger partial charge on any atom is -0.466 e. The molecule has 0 spiro atoms. The van der Waals surface area contributed by atoms with Gasteiger partial charge in [-0.05, 0) is 70.6 Å². The number of carbonyl (C=O) groups excluding carboxylic acids is 2. The maximum atomic E-state index is 12.5. The third-order valence-electron chi connectivity index (χ3n) is 17.0. The Bertz CT molecular complexity index is 1230. The van der Waals surface area contributed by atoms with E-state index in [1.165, 1.54) is 327 Å². The maximum absolute atomic E-state index is 12.5. The molecule has 0 rings (SSSR count). The van der Waals surface area contributed by atoms with Crippen LogP contribution in [0.1, 0.15) is 406 Å². The number of nitrogens with one attached hydrogen (secondary N) is 1. The van der Waals surface area contributed by atoms with Crippen molar-refractivity contribution < 1.29 is 24.5 Å². The Balaban J connectivity index is 3.36. The molecular weight excluding hydrogens is 971 g/mol. The Kier molecular flexibility index (Phi) is 67.4. The van der Waals surface area contributed by atoms with Crippen molar-refractivity contribution in [2.75, 3.05) is 13.2 Å². The summed E-state index contributed by atoms with van der Waals surface area (Å²) in [5.74, 6) is -0.0213. The first-order valence-electron chi connectivity index (χ1n) is 36.1. The lowest BCUT2D eigenvalue weighted by Gasteiger charge is -2.22. The summed E-state index contributed by atoms with van der Waals surface area (Å²) in [5, 5.41) is 23.4. The maximum Gasteiger partial charge on any atom is 0.305 e. The Morgan fingerprint density at radius 2 is 0.608 bits per heavy atom. The number of carbonyl (C=O) groups is 2. The van der Waals surface area contributed by atoms with Gasteiger partial charge in [-0.2, -0.15) is 0 Å². The van der Waals surface area contributed by atoms with Gasteiger partial charge < -0.3 is 20.3 Å². The molecule has 0 radical (unpaired) electrons. The van der Waals surface area contributed by atoms with E-state index in [-0.39, 0.29) is 18.5 Å². The molecule has 3 N–H and O–H groups in total. The van der Waals surface area contributed by atoms with Gasteiger partial charge in [0.25, 0.3) is 0 Å². The largest absolute Gasteiger partial charge is 0.466 e. The molecule has 468 valence electrons. The number of ether oxygens (including phenoxy) is 1. The van der Waals surface area contributed by atoms with Crippen molar-refractivity contribution in [3.05, 3.63) is 24.3 Å². The van der Waals surface area contributed by atoms with Crippen LogP contribution in [-0.2, 0) is 14.3 Å². The van der Waals surface area contributed by atoms with Gasteiger partial charge in [0, 0.05) is 12.8 Å². The molecule has 0 heterocycles. The van der Waals surface area contributed by atoms with Gasteiger partial charge in [0.05, 0.1) is 25.4 Å². The predicted octanol–water partition coefficient (Wildman–Crippen LogP) is 23.3. The summed E-state index contributed by atoms with van der Waals surface area (Å²) in [5.41, 5.74) is 0. The quantitative estimate of drug-likeness (QED) is 0.0320. The number of hydrogen-bond acceptors (Lipinski definition) is 5. The molecule has 0 aliphatic heterocycles. The topological polar surface area (TPSA) is 95.9 Å². The van der Waals surface area contributed by atoms with Crippen LogP contribution in [0, 0.1) is 0 Å². The van der Waals surface area contributed by atoms with Crippen LogP contribution < -0.4 is 5.32 Å². The lowest BCUT2D eigenvalue weighted by Crippen LogP contribution is -2.45. The smallest absolute Gasteiger partial charge is 0.305 e. The van der Waals surface area contributed by atoms with Crippen molar-refractivity contribution in [3.8, 4) is 0 Å². The van der Waals surface area contributed by atoms with Gasteiger partial charge in [-0.1, -0.05) is 346 Å². The average Bonchev–Trinajstić information content (AvgIpc) is 3.45. The van der Waals surface area contributed by atoms with Crippen molar-refractivity contribution in [2.24, 2.45) is 0 Å². The van der Waals surface area contributed by atoms with Gasteiger partial charge in [0.15, 0.2) is 0 Å². The minimum absolute atomic E-state index is 0.00714. The standard InChI is InChI=1S/C73H141NO5/c1-3-5-7-9-11-13-15-16-17-18-19-33-36-39-42-46-49-53-57-61-65-71(76)70(69-75)74-72(77)66-62-58-54-50-47-43-40-37-34-31-29-27-25-23-21-20-22-24-26-28-30-32-35-38-41-44-48-52-56-60-64-68-79-73(78)67-63-59-55-51-45-14-12-10-8-6-4-2/h10,12,22,24,70-71,75-76H,3-9,11,13-21,23,25-69H2,1-2H3,(H,74,77)/b12-10-,24-22-. The Morgan fingerprint density at radius 3 is 0.937 bits per heavy atom. The number of hydrogen-bond donors (Lipinski definition) is 3. The molecule has 0 bridgehead atoms. The molecule has 0 aromatic rings. The average molecular weight is 1110 g/mol. The summed E-state index contributed by atoms with van der Waals surface area (Å²) in [6.45, 7) is 4.95. The van der Waals surface area contributed by atoms with E-state index in [1.807, 2.05) is 0 Å². The van der Waals surface area contributed by atoms with Crippen molar-refractivity contribution >= 4 is 11.9 Å². The van der Waals surface area contributed by atoms with Crippen LogP contribution in [0.3, 0.4) is 0 Å². The van der Waals surface area contributed by atoms with Crippen LogP contribution in [0.5, 0.6) is 0 Å². The van der Waals surface area contributed by atoms with Crippen molar-refractivity contribution in [3.63, 3.8) is 0 Å². The highest BCUT2D eigenvalue weighted by molar-refractivity contribution is 5.76. The molecule has 6 heteroatoms. The predicted molar refractivity (Wildman–Crippen MR) is 347 cm³/mol. The second kappa shape index (κ2) is 68.8. The first kappa shape index (κ1) is 77.3. The molecular formula is C73H141NO5. The highest BCUT2D eigenvalue weighted by Crippen LogP contribution is 2.19. The molecule has 2 atom stereocenters. The van der Waals surface area contributed by atoms with E-state index in [0.29, 0.717) is 25.9 Å². The highest BCUT2D eigenvalue weighted by atomic mass is 16.5. The second-order valence-corrected chi connectivity index (χ2v) is 24.9. The lowest BCUT2D eigenvalue weighted by atomic mass is 10.0. The van der Waals surface area contributed by atoms with Crippen molar-refractivity contribution in [2.45, 2.75) is 418 Å². The fraction of sp³-hybridized carbons (Fsp3) is 0.918. The Hall–Kier alpha value is -1.66. The molecule has 1 amide bonds. The number of unbranched alkanes of at least 4 members (excludes halogenated alkanes) is 53. The van der Waals surface area contributed by atoms with Gasteiger partial charge in [0.2, 0.25) is 5.91 Å². The van der Waals surface area contributed by atoms with Crippen molar-refractivity contribution in [1.29, 1.82) is 0 Å². The number of rotatable bonds is 68. The van der Waals surface area contributed by atoms with E-state index in [1.54, 1.807) is 0 Å². The number of esters is 1. The van der Waals surface area contributed by atoms with Gasteiger partial charge in [0.1, 0.15) is 0 Å². The van der Waals surface area contributed by atoms with Crippen LogP contribution in [0.25, 0.3) is 0 Å². The van der Waals surface area contributed by atoms with Crippen LogP contribution in [0.4, 0.5) is 0 Å². The zero-order valence-electron chi connectivity index (χ0n) is 53.6. The van der Waals surface area contributed by atoms with Crippen LogP contribution in [0.2, 0.25) is 0 Å². The van der Waals surface area contributed by atoms with E-state index in [0.717, 1.165) is 44.9 Å². The molecule has 2 unspecified atom stereocenters. The van der Waals surface area contributed by atoms with E-state index in [2.05, 4.69) is 43.5 Å². The summed E-state index contributed by atoms with van der Waals surface area (Å²) in [6, 6.07) is -0.540. The minimum atomic E-state index is -0.663.